The second-order valence-electron chi connectivity index (χ2n) is 8.24. The number of amides is 1. The molecule has 7 nitrogen and oxygen atoms in total. The molecular formula is C21H36IN5O2. The minimum absolute atomic E-state index is 0. The minimum Gasteiger partial charge on any atom is -0.444 e. The van der Waals surface area contributed by atoms with Gasteiger partial charge < -0.3 is 20.3 Å². The number of nitrogens with zero attached hydrogens (tertiary/aromatic N) is 3. The Labute approximate surface area is 192 Å². The van der Waals surface area contributed by atoms with E-state index in [4.69, 9.17) is 4.74 Å². The Bertz CT molecular complexity index is 628. The van der Waals surface area contributed by atoms with Crippen molar-refractivity contribution in [3.05, 3.63) is 30.1 Å². The van der Waals surface area contributed by atoms with Crippen molar-refractivity contribution in [1.82, 2.24) is 20.5 Å². The largest absolute Gasteiger partial charge is 0.444 e. The number of carbonyl (C=O) groups is 1. The average molecular weight is 517 g/mol. The number of hydrogen-bond donors (Lipinski definition) is 2. The van der Waals surface area contributed by atoms with Gasteiger partial charge in [-0.25, -0.2) is 4.79 Å². The van der Waals surface area contributed by atoms with Crippen LogP contribution in [-0.4, -0.2) is 53.7 Å². The van der Waals surface area contributed by atoms with Gasteiger partial charge in [0.25, 0.3) is 0 Å². The third kappa shape index (κ3) is 10.1. The van der Waals surface area contributed by atoms with Gasteiger partial charge in [-0.15, -0.1) is 24.0 Å². The van der Waals surface area contributed by atoms with Crippen LogP contribution >= 0.6 is 24.0 Å². The van der Waals surface area contributed by atoms with Crippen LogP contribution in [0, 0.1) is 0 Å². The molecule has 1 aromatic heterocycles. The molecule has 0 radical (unpaired) electrons. The average Bonchev–Trinajstić information content (AvgIpc) is 3.15. The quantitative estimate of drug-likeness (QED) is 0.248. The van der Waals surface area contributed by atoms with E-state index in [0.29, 0.717) is 19.1 Å². The van der Waals surface area contributed by atoms with Crippen molar-refractivity contribution in [2.24, 2.45) is 4.99 Å². The fraction of sp³-hybridized carbons (Fsp3) is 0.667. The molecule has 1 heterocycles. The summed E-state index contributed by atoms with van der Waals surface area (Å²) < 4.78 is 5.57. The molecule has 1 amide bonds. The summed E-state index contributed by atoms with van der Waals surface area (Å²) in [5, 5.41) is 6.82. The summed E-state index contributed by atoms with van der Waals surface area (Å²) >= 11 is 0. The number of hydrogen-bond acceptors (Lipinski definition) is 4. The first-order valence-electron chi connectivity index (χ1n) is 10.2. The summed E-state index contributed by atoms with van der Waals surface area (Å²) in [5.74, 6) is 0.836. The van der Waals surface area contributed by atoms with Gasteiger partial charge >= 0.3 is 6.09 Å². The number of rotatable bonds is 7. The predicted octanol–water partition coefficient (Wildman–Crippen LogP) is 3.93. The fourth-order valence-electron chi connectivity index (χ4n) is 3.21. The van der Waals surface area contributed by atoms with Crippen molar-refractivity contribution in [1.29, 1.82) is 0 Å². The number of halogens is 1. The van der Waals surface area contributed by atoms with E-state index >= 15 is 0 Å². The zero-order valence-electron chi connectivity index (χ0n) is 18.1. The highest BCUT2D eigenvalue weighted by Gasteiger charge is 2.22. The van der Waals surface area contributed by atoms with Gasteiger partial charge in [0.05, 0.1) is 6.54 Å². The number of guanidine groups is 1. The van der Waals surface area contributed by atoms with Gasteiger partial charge in [-0.05, 0) is 51.7 Å². The van der Waals surface area contributed by atoms with Gasteiger partial charge in [-0.3, -0.25) is 9.98 Å². The van der Waals surface area contributed by atoms with Crippen molar-refractivity contribution in [3.8, 4) is 0 Å². The lowest BCUT2D eigenvalue weighted by Crippen LogP contribution is -2.43. The van der Waals surface area contributed by atoms with Gasteiger partial charge in [-0.2, -0.15) is 0 Å². The van der Waals surface area contributed by atoms with Crippen LogP contribution in [0.5, 0.6) is 0 Å². The van der Waals surface area contributed by atoms with Crippen LogP contribution in [0.3, 0.4) is 0 Å². The SMILES string of the molecule is CN=C(NCCCN(Cc1cccnc1)C(=O)OC(C)(C)C)NC1CCCC1.I. The number of aromatic nitrogens is 1. The van der Waals surface area contributed by atoms with Crippen LogP contribution < -0.4 is 10.6 Å². The van der Waals surface area contributed by atoms with Gasteiger partial charge in [-0.1, -0.05) is 18.9 Å². The number of carbonyl (C=O) groups excluding carboxylic acids is 1. The van der Waals surface area contributed by atoms with E-state index in [0.717, 1.165) is 24.5 Å². The van der Waals surface area contributed by atoms with Crippen LogP contribution in [0.15, 0.2) is 29.5 Å². The van der Waals surface area contributed by atoms with Crippen LogP contribution in [-0.2, 0) is 11.3 Å². The topological polar surface area (TPSA) is 78.9 Å². The molecule has 0 atom stereocenters. The lowest BCUT2D eigenvalue weighted by Gasteiger charge is -2.27. The molecule has 1 fully saturated rings. The summed E-state index contributed by atoms with van der Waals surface area (Å²) in [4.78, 5) is 22.8. The minimum atomic E-state index is -0.518. The van der Waals surface area contributed by atoms with E-state index in [-0.39, 0.29) is 30.1 Å². The number of aliphatic imine (C=N–C) groups is 1. The van der Waals surface area contributed by atoms with Gasteiger partial charge in [0.1, 0.15) is 5.60 Å². The number of ether oxygens (including phenoxy) is 1. The second kappa shape index (κ2) is 12.9. The molecule has 2 rings (SSSR count). The molecule has 0 aliphatic heterocycles. The molecule has 1 aromatic rings. The van der Waals surface area contributed by atoms with Crippen molar-refractivity contribution in [2.45, 2.75) is 71.1 Å². The Kier molecular flexibility index (Phi) is 11.3. The lowest BCUT2D eigenvalue weighted by molar-refractivity contribution is 0.0232. The van der Waals surface area contributed by atoms with Crippen molar-refractivity contribution in [3.63, 3.8) is 0 Å². The van der Waals surface area contributed by atoms with E-state index in [1.807, 2.05) is 32.9 Å². The monoisotopic (exact) mass is 517 g/mol. The smallest absolute Gasteiger partial charge is 0.410 e. The van der Waals surface area contributed by atoms with Crippen molar-refractivity contribution in [2.75, 3.05) is 20.1 Å². The maximum atomic E-state index is 12.6. The summed E-state index contributed by atoms with van der Waals surface area (Å²) in [6.45, 7) is 7.46. The highest BCUT2D eigenvalue weighted by atomic mass is 127. The Hall–Kier alpha value is -1.58. The van der Waals surface area contributed by atoms with Crippen molar-refractivity contribution < 1.29 is 9.53 Å². The first-order chi connectivity index (χ1) is 13.4. The molecule has 0 unspecified atom stereocenters. The molecule has 29 heavy (non-hydrogen) atoms. The molecule has 2 N–H and O–H groups in total. The Morgan fingerprint density at radius 2 is 2.07 bits per heavy atom. The van der Waals surface area contributed by atoms with Crippen LogP contribution in [0.1, 0.15) is 58.4 Å². The second-order valence-corrected chi connectivity index (χ2v) is 8.24. The summed E-state index contributed by atoms with van der Waals surface area (Å²) in [7, 11) is 1.79. The van der Waals surface area contributed by atoms with Gasteiger partial charge in [0.2, 0.25) is 0 Å². The zero-order valence-corrected chi connectivity index (χ0v) is 20.4. The lowest BCUT2D eigenvalue weighted by atomic mass is 10.2. The molecule has 0 saturated heterocycles. The molecule has 0 bridgehead atoms. The normalized spacial score (nSPS) is 14.8. The van der Waals surface area contributed by atoms with E-state index < -0.39 is 5.60 Å². The summed E-state index contributed by atoms with van der Waals surface area (Å²) in [5.41, 5.74) is 0.468. The molecule has 1 aliphatic carbocycles. The third-order valence-electron chi connectivity index (χ3n) is 4.56. The highest BCUT2D eigenvalue weighted by molar-refractivity contribution is 14.0. The van der Waals surface area contributed by atoms with Gasteiger partial charge in [0, 0.05) is 38.6 Å². The van der Waals surface area contributed by atoms with Gasteiger partial charge in [0.15, 0.2) is 5.96 Å². The van der Waals surface area contributed by atoms with E-state index in [1.54, 1.807) is 24.3 Å². The predicted molar refractivity (Wildman–Crippen MR) is 128 cm³/mol. The third-order valence-corrected chi connectivity index (χ3v) is 4.56. The van der Waals surface area contributed by atoms with E-state index in [2.05, 4.69) is 20.6 Å². The fourth-order valence-corrected chi connectivity index (χ4v) is 3.21. The molecule has 0 spiro atoms. The van der Waals surface area contributed by atoms with Crippen molar-refractivity contribution >= 4 is 36.0 Å². The standard InChI is InChI=1S/C21H35N5O2.HI/c1-21(2,3)28-20(27)26(16-17-9-7-12-23-15-17)14-8-13-24-19(22-4)25-18-10-5-6-11-18;/h7,9,12,15,18H,5-6,8,10-11,13-14,16H2,1-4H3,(H2,22,24,25);1H. The van der Waals surface area contributed by atoms with Crippen LogP contribution in [0.4, 0.5) is 4.79 Å². The molecular weight excluding hydrogens is 481 g/mol. The maximum absolute atomic E-state index is 12.6. The molecule has 1 aliphatic rings. The molecule has 1 saturated carbocycles. The summed E-state index contributed by atoms with van der Waals surface area (Å²) in [6.07, 6.45) is 8.99. The van der Waals surface area contributed by atoms with E-state index in [1.165, 1.54) is 25.7 Å². The zero-order chi connectivity index (χ0) is 20.4. The number of nitrogens with one attached hydrogen (secondary N) is 2. The Morgan fingerprint density at radius 1 is 1.34 bits per heavy atom. The summed E-state index contributed by atoms with van der Waals surface area (Å²) in [6, 6.07) is 4.37. The first kappa shape index (κ1) is 25.5. The maximum Gasteiger partial charge on any atom is 0.410 e. The molecule has 8 heteroatoms. The molecule has 0 aromatic carbocycles. The van der Waals surface area contributed by atoms with Crippen LogP contribution in [0.2, 0.25) is 0 Å². The number of pyridine rings is 1. The molecule has 164 valence electrons. The van der Waals surface area contributed by atoms with E-state index in [9.17, 15) is 4.79 Å². The Morgan fingerprint density at radius 3 is 2.66 bits per heavy atom. The Balaban J connectivity index is 0.00000420. The van der Waals surface area contributed by atoms with Crippen LogP contribution in [0.25, 0.3) is 0 Å². The first-order valence-corrected chi connectivity index (χ1v) is 10.2. The highest BCUT2D eigenvalue weighted by Crippen LogP contribution is 2.17.